The topological polar surface area (TPSA) is 66.5 Å². The predicted octanol–water partition coefficient (Wildman–Crippen LogP) is 1.75. The molecule has 3 nitrogen and oxygen atoms in total. The summed E-state index contributed by atoms with van der Waals surface area (Å²) in [4.78, 5) is 0. The molecule has 0 aromatic heterocycles. The van der Waals surface area contributed by atoms with E-state index in [1.807, 2.05) is 13.8 Å². The highest BCUT2D eigenvalue weighted by molar-refractivity contribution is 5.38. The van der Waals surface area contributed by atoms with Crippen LogP contribution in [0.2, 0.25) is 0 Å². The maximum Gasteiger partial charge on any atom is 0.119 e. The molecule has 13 heavy (non-hydrogen) atoms. The van der Waals surface area contributed by atoms with Crippen LogP contribution in [0.3, 0.4) is 0 Å². The summed E-state index contributed by atoms with van der Waals surface area (Å²) in [5, 5.41) is 18.4. The van der Waals surface area contributed by atoms with Crippen molar-refractivity contribution in [3.63, 3.8) is 0 Å². The van der Waals surface area contributed by atoms with Gasteiger partial charge in [-0.05, 0) is 23.6 Å². The Balaban J connectivity index is 3.01. The maximum atomic E-state index is 9.21. The molecule has 1 rings (SSSR count). The second-order valence-corrected chi connectivity index (χ2v) is 3.55. The van der Waals surface area contributed by atoms with Crippen molar-refractivity contribution in [1.29, 1.82) is 0 Å². The van der Waals surface area contributed by atoms with Gasteiger partial charge in [-0.25, -0.2) is 0 Å². The lowest BCUT2D eigenvalue weighted by atomic mass is 9.97. The van der Waals surface area contributed by atoms with Crippen LogP contribution in [-0.4, -0.2) is 10.2 Å². The lowest BCUT2D eigenvalue weighted by Crippen LogP contribution is -2.16. The minimum atomic E-state index is -0.155. The third kappa shape index (κ3) is 2.36. The van der Waals surface area contributed by atoms with E-state index in [9.17, 15) is 10.2 Å². The van der Waals surface area contributed by atoms with Crippen LogP contribution in [0.25, 0.3) is 0 Å². The largest absolute Gasteiger partial charge is 0.508 e. The van der Waals surface area contributed by atoms with E-state index in [1.165, 1.54) is 6.07 Å². The van der Waals surface area contributed by atoms with E-state index in [1.54, 1.807) is 12.1 Å². The Morgan fingerprint density at radius 1 is 1.08 bits per heavy atom. The standard InChI is InChI=1S/C10H15NO2/c1-6(2)10(11)7-3-8(12)5-9(13)4-7/h3-6,10,12-13H,11H2,1-2H3. The summed E-state index contributed by atoms with van der Waals surface area (Å²) in [5.74, 6) is 0.374. The Hall–Kier alpha value is -1.22. The van der Waals surface area contributed by atoms with Crippen LogP contribution in [0.1, 0.15) is 25.5 Å². The fourth-order valence-electron chi connectivity index (χ4n) is 1.20. The van der Waals surface area contributed by atoms with Crippen molar-refractivity contribution < 1.29 is 10.2 Å². The molecule has 0 fully saturated rings. The van der Waals surface area contributed by atoms with Crippen LogP contribution in [-0.2, 0) is 0 Å². The number of phenolic OH excluding ortho intramolecular Hbond substituents is 2. The van der Waals surface area contributed by atoms with Crippen LogP contribution < -0.4 is 5.73 Å². The third-order valence-corrected chi connectivity index (χ3v) is 2.03. The van der Waals surface area contributed by atoms with E-state index in [0.29, 0.717) is 0 Å². The van der Waals surface area contributed by atoms with Gasteiger partial charge in [0.1, 0.15) is 11.5 Å². The van der Waals surface area contributed by atoms with E-state index in [-0.39, 0.29) is 23.5 Å². The molecule has 1 aromatic carbocycles. The summed E-state index contributed by atoms with van der Waals surface area (Å²) in [5.41, 5.74) is 6.61. The molecule has 0 amide bonds. The fourth-order valence-corrected chi connectivity index (χ4v) is 1.20. The first-order valence-corrected chi connectivity index (χ1v) is 4.29. The highest BCUT2D eigenvalue weighted by atomic mass is 16.3. The van der Waals surface area contributed by atoms with Gasteiger partial charge in [-0.15, -0.1) is 0 Å². The maximum absolute atomic E-state index is 9.21. The predicted molar refractivity (Wildman–Crippen MR) is 51.5 cm³/mol. The van der Waals surface area contributed by atoms with E-state index in [0.717, 1.165) is 5.56 Å². The lowest BCUT2D eigenvalue weighted by Gasteiger charge is -2.16. The molecule has 4 N–H and O–H groups in total. The highest BCUT2D eigenvalue weighted by Gasteiger charge is 2.11. The van der Waals surface area contributed by atoms with Crippen molar-refractivity contribution in [3.8, 4) is 11.5 Å². The van der Waals surface area contributed by atoms with Crippen LogP contribution in [0.15, 0.2) is 18.2 Å². The van der Waals surface area contributed by atoms with Crippen LogP contribution in [0.5, 0.6) is 11.5 Å². The van der Waals surface area contributed by atoms with E-state index in [4.69, 9.17) is 5.73 Å². The van der Waals surface area contributed by atoms with Crippen molar-refractivity contribution in [2.24, 2.45) is 11.7 Å². The van der Waals surface area contributed by atoms with Gasteiger partial charge in [0.2, 0.25) is 0 Å². The van der Waals surface area contributed by atoms with Crippen molar-refractivity contribution >= 4 is 0 Å². The van der Waals surface area contributed by atoms with E-state index >= 15 is 0 Å². The zero-order chi connectivity index (χ0) is 10.0. The van der Waals surface area contributed by atoms with Gasteiger partial charge in [0, 0.05) is 12.1 Å². The fraction of sp³-hybridized carbons (Fsp3) is 0.400. The van der Waals surface area contributed by atoms with Gasteiger partial charge in [-0.3, -0.25) is 0 Å². The monoisotopic (exact) mass is 181 g/mol. The first-order valence-electron chi connectivity index (χ1n) is 4.29. The smallest absolute Gasteiger partial charge is 0.119 e. The van der Waals surface area contributed by atoms with Crippen molar-refractivity contribution in [2.45, 2.75) is 19.9 Å². The van der Waals surface area contributed by atoms with Crippen LogP contribution in [0, 0.1) is 5.92 Å². The first-order chi connectivity index (χ1) is 6.00. The minimum absolute atomic E-state index is 0.0473. The number of hydrogen-bond donors (Lipinski definition) is 3. The molecule has 0 bridgehead atoms. The average Bonchev–Trinajstić information content (AvgIpc) is 2.01. The molecule has 0 spiro atoms. The van der Waals surface area contributed by atoms with Gasteiger partial charge in [0.15, 0.2) is 0 Å². The Bertz CT molecular complexity index is 277. The van der Waals surface area contributed by atoms with Crippen LogP contribution in [0.4, 0.5) is 0 Å². The molecule has 72 valence electrons. The number of aromatic hydroxyl groups is 2. The summed E-state index contributed by atoms with van der Waals surface area (Å²) in [6.45, 7) is 3.98. The number of rotatable bonds is 2. The van der Waals surface area contributed by atoms with Crippen molar-refractivity contribution in [2.75, 3.05) is 0 Å². The van der Waals surface area contributed by atoms with E-state index < -0.39 is 0 Å². The second-order valence-electron chi connectivity index (χ2n) is 3.55. The summed E-state index contributed by atoms with van der Waals surface area (Å²) in [7, 11) is 0. The summed E-state index contributed by atoms with van der Waals surface area (Å²) < 4.78 is 0. The Labute approximate surface area is 77.8 Å². The molecule has 1 unspecified atom stereocenters. The molecule has 0 saturated carbocycles. The highest BCUT2D eigenvalue weighted by Crippen LogP contribution is 2.26. The zero-order valence-corrected chi connectivity index (χ0v) is 7.86. The first kappa shape index (κ1) is 9.86. The normalized spacial score (nSPS) is 13.2. The number of phenols is 2. The van der Waals surface area contributed by atoms with Gasteiger partial charge in [-0.2, -0.15) is 0 Å². The molecular weight excluding hydrogens is 166 g/mol. The zero-order valence-electron chi connectivity index (χ0n) is 7.86. The summed E-state index contributed by atoms with van der Waals surface area (Å²) in [6.07, 6.45) is 0. The minimum Gasteiger partial charge on any atom is -0.508 e. The van der Waals surface area contributed by atoms with Gasteiger partial charge >= 0.3 is 0 Å². The molecule has 0 aliphatic rings. The van der Waals surface area contributed by atoms with Gasteiger partial charge in [-0.1, -0.05) is 13.8 Å². The van der Waals surface area contributed by atoms with Gasteiger partial charge in [0.25, 0.3) is 0 Å². The van der Waals surface area contributed by atoms with E-state index in [2.05, 4.69) is 0 Å². The average molecular weight is 181 g/mol. The molecule has 0 aliphatic carbocycles. The summed E-state index contributed by atoms with van der Waals surface area (Å²) in [6, 6.07) is 4.28. The molecule has 3 heteroatoms. The number of nitrogens with two attached hydrogens (primary N) is 1. The second kappa shape index (κ2) is 3.66. The van der Waals surface area contributed by atoms with Crippen molar-refractivity contribution in [1.82, 2.24) is 0 Å². The van der Waals surface area contributed by atoms with Crippen LogP contribution >= 0.6 is 0 Å². The SMILES string of the molecule is CC(C)C(N)c1cc(O)cc(O)c1. The van der Waals surface area contributed by atoms with Gasteiger partial charge in [0.05, 0.1) is 0 Å². The van der Waals surface area contributed by atoms with Gasteiger partial charge < -0.3 is 15.9 Å². The molecule has 1 aromatic rings. The Morgan fingerprint density at radius 3 is 1.92 bits per heavy atom. The molecule has 0 saturated heterocycles. The molecule has 1 atom stereocenters. The Morgan fingerprint density at radius 2 is 1.54 bits per heavy atom. The Kier molecular flexibility index (Phi) is 2.78. The molecular formula is C10H15NO2. The number of benzene rings is 1. The third-order valence-electron chi connectivity index (χ3n) is 2.03. The number of hydrogen-bond acceptors (Lipinski definition) is 3. The lowest BCUT2D eigenvalue weighted by molar-refractivity contribution is 0.443. The summed E-state index contributed by atoms with van der Waals surface area (Å²) >= 11 is 0. The van der Waals surface area contributed by atoms with Crippen molar-refractivity contribution in [3.05, 3.63) is 23.8 Å². The molecule has 0 heterocycles. The molecule has 0 radical (unpaired) electrons. The quantitative estimate of drug-likeness (QED) is 0.651. The molecule has 0 aliphatic heterocycles.